The number of aryl methyl sites for hydroxylation is 1. The Morgan fingerprint density at radius 1 is 1.37 bits per heavy atom. The molecule has 0 fully saturated rings. The first kappa shape index (κ1) is 14.2. The van der Waals surface area contributed by atoms with Crippen molar-refractivity contribution in [2.24, 2.45) is 0 Å². The molecule has 0 amide bonds. The van der Waals surface area contributed by atoms with Crippen LogP contribution in [0.4, 0.5) is 4.39 Å². The summed E-state index contributed by atoms with van der Waals surface area (Å²) in [5.41, 5.74) is 0. The first-order valence-electron chi connectivity index (χ1n) is 5.79. The van der Waals surface area contributed by atoms with E-state index < -0.39 is 5.82 Å². The maximum atomic E-state index is 13.1. The van der Waals surface area contributed by atoms with Crippen molar-refractivity contribution >= 4 is 33.0 Å². The first-order chi connectivity index (χ1) is 9.08. The van der Waals surface area contributed by atoms with Gasteiger partial charge in [-0.05, 0) is 30.7 Å². The lowest BCUT2D eigenvalue weighted by Gasteiger charge is -2.05. The van der Waals surface area contributed by atoms with Crippen LogP contribution < -0.4 is 4.74 Å². The van der Waals surface area contributed by atoms with Gasteiger partial charge in [-0.15, -0.1) is 11.3 Å². The Labute approximate surface area is 123 Å². The van der Waals surface area contributed by atoms with Crippen molar-refractivity contribution in [3.8, 4) is 5.75 Å². The number of benzene rings is 1. The summed E-state index contributed by atoms with van der Waals surface area (Å²) in [6.07, 6.45) is 0.912. The highest BCUT2D eigenvalue weighted by atomic mass is 79.9. The van der Waals surface area contributed by atoms with Gasteiger partial charge in [-0.2, -0.15) is 0 Å². The second-order valence-electron chi connectivity index (χ2n) is 3.94. The zero-order valence-corrected chi connectivity index (χ0v) is 12.7. The molecule has 2 aromatic rings. The van der Waals surface area contributed by atoms with Crippen LogP contribution in [0.3, 0.4) is 0 Å². The van der Waals surface area contributed by atoms with Gasteiger partial charge in [-0.1, -0.05) is 22.9 Å². The topological polar surface area (TPSA) is 26.3 Å². The van der Waals surface area contributed by atoms with Crippen LogP contribution in [0.15, 0.2) is 34.8 Å². The fraction of sp³-hybridized carbons (Fsp3) is 0.214. The fourth-order valence-electron chi connectivity index (χ4n) is 1.55. The predicted octanol–water partition coefficient (Wildman–Crippen LogP) is 4.47. The maximum Gasteiger partial charge on any atom is 0.210 e. The van der Waals surface area contributed by atoms with E-state index in [0.29, 0.717) is 15.1 Å². The summed E-state index contributed by atoms with van der Waals surface area (Å²) in [7, 11) is 0. The molecule has 0 bridgehead atoms. The molecule has 1 heterocycles. The van der Waals surface area contributed by atoms with Crippen molar-refractivity contribution in [3.63, 3.8) is 0 Å². The van der Waals surface area contributed by atoms with Crippen LogP contribution in [-0.4, -0.2) is 12.4 Å². The molecule has 0 N–H and O–H groups in total. The largest absolute Gasteiger partial charge is 0.485 e. The summed E-state index contributed by atoms with van der Waals surface area (Å²) in [6, 6.07) is 7.96. The van der Waals surface area contributed by atoms with Gasteiger partial charge in [0, 0.05) is 15.4 Å². The Morgan fingerprint density at radius 3 is 2.79 bits per heavy atom. The van der Waals surface area contributed by atoms with Gasteiger partial charge in [0.05, 0.1) is 4.88 Å². The highest BCUT2D eigenvalue weighted by molar-refractivity contribution is 9.10. The molecule has 0 unspecified atom stereocenters. The van der Waals surface area contributed by atoms with E-state index in [2.05, 4.69) is 15.9 Å². The van der Waals surface area contributed by atoms with Crippen molar-refractivity contribution in [1.29, 1.82) is 0 Å². The van der Waals surface area contributed by atoms with Crippen molar-refractivity contribution in [2.75, 3.05) is 6.61 Å². The standard InChI is InChI=1S/C14H12BrFO2S/c1-2-12-3-4-14(19-12)13(17)8-18-11-6-9(15)5-10(16)7-11/h3-7H,2,8H2,1H3. The third kappa shape index (κ3) is 3.88. The third-order valence-corrected chi connectivity index (χ3v) is 4.22. The van der Waals surface area contributed by atoms with Gasteiger partial charge < -0.3 is 4.74 Å². The number of hydrogen-bond donors (Lipinski definition) is 0. The molecular weight excluding hydrogens is 331 g/mol. The average Bonchev–Trinajstić information content (AvgIpc) is 2.83. The molecule has 19 heavy (non-hydrogen) atoms. The zero-order valence-electron chi connectivity index (χ0n) is 10.3. The molecule has 100 valence electrons. The molecule has 1 aromatic heterocycles. The SMILES string of the molecule is CCc1ccc(C(=O)COc2cc(F)cc(Br)c2)s1. The van der Waals surface area contributed by atoms with Crippen LogP contribution in [0.5, 0.6) is 5.75 Å². The average molecular weight is 343 g/mol. The van der Waals surface area contributed by atoms with Crippen molar-refractivity contribution in [2.45, 2.75) is 13.3 Å². The Morgan fingerprint density at radius 2 is 2.16 bits per heavy atom. The van der Waals surface area contributed by atoms with Crippen molar-refractivity contribution < 1.29 is 13.9 Å². The van der Waals surface area contributed by atoms with Gasteiger partial charge in [0.2, 0.25) is 5.78 Å². The van der Waals surface area contributed by atoms with Crippen LogP contribution in [0.25, 0.3) is 0 Å². The maximum absolute atomic E-state index is 13.1. The second-order valence-corrected chi connectivity index (χ2v) is 6.02. The summed E-state index contributed by atoms with van der Waals surface area (Å²) in [4.78, 5) is 13.7. The minimum atomic E-state index is -0.402. The number of Topliss-reactive ketones (excluding diaryl/α,β-unsaturated/α-hetero) is 1. The van der Waals surface area contributed by atoms with E-state index in [9.17, 15) is 9.18 Å². The van der Waals surface area contributed by atoms with Gasteiger partial charge in [0.25, 0.3) is 0 Å². The van der Waals surface area contributed by atoms with Crippen LogP contribution in [0.2, 0.25) is 0 Å². The summed E-state index contributed by atoms with van der Waals surface area (Å²) in [5.74, 6) is -0.154. The minimum Gasteiger partial charge on any atom is -0.485 e. The molecule has 0 saturated heterocycles. The number of rotatable bonds is 5. The van der Waals surface area contributed by atoms with E-state index in [1.165, 1.54) is 23.5 Å². The highest BCUT2D eigenvalue weighted by Crippen LogP contribution is 2.22. The second kappa shape index (κ2) is 6.30. The van der Waals surface area contributed by atoms with Crippen LogP contribution >= 0.6 is 27.3 Å². The van der Waals surface area contributed by atoms with Crippen LogP contribution in [-0.2, 0) is 6.42 Å². The van der Waals surface area contributed by atoms with E-state index in [4.69, 9.17) is 4.74 Å². The molecule has 0 aliphatic heterocycles. The number of ether oxygens (including phenoxy) is 1. The molecule has 0 saturated carbocycles. The number of carbonyl (C=O) groups excluding carboxylic acids is 1. The van der Waals surface area contributed by atoms with Gasteiger partial charge in [-0.3, -0.25) is 4.79 Å². The van der Waals surface area contributed by atoms with Gasteiger partial charge >= 0.3 is 0 Å². The van der Waals surface area contributed by atoms with Crippen molar-refractivity contribution in [3.05, 3.63) is 50.4 Å². The molecular formula is C14H12BrFO2S. The smallest absolute Gasteiger partial charge is 0.210 e. The monoisotopic (exact) mass is 342 g/mol. The van der Waals surface area contributed by atoms with Crippen LogP contribution in [0.1, 0.15) is 21.5 Å². The number of hydrogen-bond acceptors (Lipinski definition) is 3. The Bertz CT molecular complexity index is 575. The Hall–Kier alpha value is -1.20. The summed E-state index contributed by atoms with van der Waals surface area (Å²) < 4.78 is 19.0. The zero-order chi connectivity index (χ0) is 13.8. The minimum absolute atomic E-state index is 0.0838. The molecule has 2 nitrogen and oxygen atoms in total. The van der Waals surface area contributed by atoms with E-state index >= 15 is 0 Å². The van der Waals surface area contributed by atoms with Gasteiger partial charge in [0.15, 0.2) is 6.61 Å². The van der Waals surface area contributed by atoms with Crippen LogP contribution in [0, 0.1) is 5.82 Å². The summed E-state index contributed by atoms with van der Waals surface area (Å²) in [5, 5.41) is 0. The lowest BCUT2D eigenvalue weighted by atomic mass is 10.3. The summed E-state index contributed by atoms with van der Waals surface area (Å²) >= 11 is 4.64. The molecule has 0 aliphatic carbocycles. The fourth-order valence-corrected chi connectivity index (χ4v) is 2.87. The quantitative estimate of drug-likeness (QED) is 0.749. The molecule has 0 spiro atoms. The van der Waals surface area contributed by atoms with E-state index in [0.717, 1.165) is 11.3 Å². The Balaban J connectivity index is 2.00. The normalized spacial score (nSPS) is 10.5. The number of halogens is 2. The molecule has 5 heteroatoms. The molecule has 0 radical (unpaired) electrons. The van der Waals surface area contributed by atoms with E-state index in [1.54, 1.807) is 12.1 Å². The molecule has 1 aromatic carbocycles. The number of carbonyl (C=O) groups is 1. The predicted molar refractivity (Wildman–Crippen MR) is 77.6 cm³/mol. The first-order valence-corrected chi connectivity index (χ1v) is 7.40. The molecule has 2 rings (SSSR count). The Kier molecular flexibility index (Phi) is 4.71. The van der Waals surface area contributed by atoms with E-state index in [1.807, 2.05) is 13.0 Å². The van der Waals surface area contributed by atoms with Gasteiger partial charge in [-0.25, -0.2) is 4.39 Å². The molecule has 0 aliphatic rings. The number of thiophene rings is 1. The third-order valence-electron chi connectivity index (χ3n) is 2.49. The van der Waals surface area contributed by atoms with Crippen molar-refractivity contribution in [1.82, 2.24) is 0 Å². The lowest BCUT2D eigenvalue weighted by molar-refractivity contribution is 0.0925. The summed E-state index contributed by atoms with van der Waals surface area (Å²) in [6.45, 7) is 1.96. The lowest BCUT2D eigenvalue weighted by Crippen LogP contribution is -2.10. The number of ketones is 1. The highest BCUT2D eigenvalue weighted by Gasteiger charge is 2.10. The molecule has 0 atom stereocenters. The van der Waals surface area contributed by atoms with Gasteiger partial charge in [0.1, 0.15) is 11.6 Å². The van der Waals surface area contributed by atoms with E-state index in [-0.39, 0.29) is 12.4 Å².